The Morgan fingerprint density at radius 1 is 0.800 bits per heavy atom. The van der Waals surface area contributed by atoms with Crippen molar-refractivity contribution in [1.82, 2.24) is 4.31 Å². The van der Waals surface area contributed by atoms with Crippen molar-refractivity contribution in [3.63, 3.8) is 0 Å². The number of sulfonamides is 1. The van der Waals surface area contributed by atoms with Crippen LogP contribution >= 0.6 is 39.1 Å². The third kappa shape index (κ3) is 7.28. The van der Waals surface area contributed by atoms with Gasteiger partial charge in [-0.25, -0.2) is 8.42 Å². The molecule has 2 N–H and O–H groups in total. The molecule has 3 rings (SSSR count). The van der Waals surface area contributed by atoms with E-state index in [9.17, 15) is 18.0 Å². The van der Waals surface area contributed by atoms with E-state index in [0.717, 1.165) is 15.4 Å². The summed E-state index contributed by atoms with van der Waals surface area (Å²) in [5.74, 6) is -1.31. The normalized spacial score (nSPS) is 11.4. The van der Waals surface area contributed by atoms with Gasteiger partial charge in [-0.3, -0.25) is 9.59 Å². The van der Waals surface area contributed by atoms with Crippen LogP contribution in [-0.2, 0) is 19.6 Å². The molecule has 0 spiro atoms. The first kappa shape index (κ1) is 27.2. The fraction of sp³-hybridized carbons (Fsp3) is 0.167. The van der Waals surface area contributed by atoms with Gasteiger partial charge in [-0.1, -0.05) is 51.3 Å². The maximum Gasteiger partial charge on any atom is 0.244 e. The van der Waals surface area contributed by atoms with E-state index in [-0.39, 0.29) is 4.90 Å². The highest BCUT2D eigenvalue weighted by molar-refractivity contribution is 9.10. The van der Waals surface area contributed by atoms with Gasteiger partial charge in [-0.2, -0.15) is 4.31 Å². The average molecular weight is 599 g/mol. The fourth-order valence-corrected chi connectivity index (χ4v) is 5.31. The zero-order chi connectivity index (χ0) is 25.8. The van der Waals surface area contributed by atoms with Gasteiger partial charge in [-0.05, 0) is 73.5 Å². The lowest BCUT2D eigenvalue weighted by atomic mass is 10.2. The van der Waals surface area contributed by atoms with Crippen LogP contribution in [0, 0.1) is 13.8 Å². The Morgan fingerprint density at radius 3 is 1.63 bits per heavy atom. The number of hydrogen-bond donors (Lipinski definition) is 2. The third-order valence-corrected chi connectivity index (χ3v) is 7.85. The second-order valence-corrected chi connectivity index (χ2v) is 11.5. The maximum atomic E-state index is 13.3. The molecule has 0 saturated carbocycles. The number of aryl methyl sites for hydroxylation is 2. The predicted molar refractivity (Wildman–Crippen MR) is 143 cm³/mol. The molecule has 0 aliphatic rings. The third-order valence-electron chi connectivity index (χ3n) is 4.89. The quantitative estimate of drug-likeness (QED) is 0.351. The maximum absolute atomic E-state index is 13.3. The molecule has 0 unspecified atom stereocenters. The average Bonchev–Trinajstić information content (AvgIpc) is 2.77. The van der Waals surface area contributed by atoms with Gasteiger partial charge in [0.15, 0.2) is 0 Å². The summed E-state index contributed by atoms with van der Waals surface area (Å²) in [6.45, 7) is 2.47. The van der Waals surface area contributed by atoms with Crippen LogP contribution in [0.2, 0.25) is 10.0 Å². The number of rotatable bonds is 8. The number of carbonyl (C=O) groups excluding carboxylic acids is 2. The molecule has 11 heteroatoms. The molecule has 0 heterocycles. The Bertz CT molecular complexity index is 1300. The summed E-state index contributed by atoms with van der Waals surface area (Å²) < 4.78 is 28.2. The minimum atomic E-state index is -4.20. The van der Waals surface area contributed by atoms with Gasteiger partial charge >= 0.3 is 0 Å². The molecule has 0 saturated heterocycles. The number of anilines is 2. The molecule has 7 nitrogen and oxygen atoms in total. The Labute approximate surface area is 222 Å². The fourth-order valence-electron chi connectivity index (χ4n) is 3.12. The Balaban J connectivity index is 1.85. The number of hydrogen-bond acceptors (Lipinski definition) is 4. The van der Waals surface area contributed by atoms with Gasteiger partial charge in [0.1, 0.15) is 0 Å². The molecule has 0 fully saturated rings. The lowest BCUT2D eigenvalue weighted by molar-refractivity contribution is -0.118. The second-order valence-electron chi connectivity index (χ2n) is 7.79. The Kier molecular flexibility index (Phi) is 8.95. The molecule has 0 aliphatic carbocycles. The Morgan fingerprint density at radius 2 is 1.23 bits per heavy atom. The van der Waals surface area contributed by atoms with Crippen LogP contribution in [0.3, 0.4) is 0 Å². The molecule has 0 bridgehead atoms. The van der Waals surface area contributed by atoms with E-state index in [0.29, 0.717) is 25.9 Å². The van der Waals surface area contributed by atoms with Crippen molar-refractivity contribution in [2.75, 3.05) is 23.7 Å². The molecule has 184 valence electrons. The van der Waals surface area contributed by atoms with E-state index in [1.807, 2.05) is 13.8 Å². The highest BCUT2D eigenvalue weighted by atomic mass is 79.9. The SMILES string of the molecule is Cc1ccc(NC(=O)CN(CC(=O)Nc2ccc(C)cc2Cl)S(=O)(=O)c2ccc(Br)cc2)c(Cl)c1. The van der Waals surface area contributed by atoms with E-state index in [1.54, 1.807) is 48.5 Å². The van der Waals surface area contributed by atoms with Crippen LogP contribution in [-0.4, -0.2) is 37.6 Å². The standard InChI is InChI=1S/C24H22BrCl2N3O4S/c1-15-3-9-21(19(26)11-15)28-23(31)13-30(35(33,34)18-7-5-17(25)6-8-18)14-24(32)29-22-10-4-16(2)12-20(22)27/h3-12H,13-14H2,1-2H3,(H,28,31)(H,29,32). The summed E-state index contributed by atoms with van der Waals surface area (Å²) in [5, 5.41) is 5.83. The van der Waals surface area contributed by atoms with E-state index in [1.165, 1.54) is 12.1 Å². The van der Waals surface area contributed by atoms with Crippen LogP contribution in [0.25, 0.3) is 0 Å². The van der Waals surface area contributed by atoms with Crippen molar-refractivity contribution in [2.24, 2.45) is 0 Å². The van der Waals surface area contributed by atoms with Crippen molar-refractivity contribution < 1.29 is 18.0 Å². The highest BCUT2D eigenvalue weighted by Gasteiger charge is 2.29. The van der Waals surface area contributed by atoms with Crippen LogP contribution in [0.1, 0.15) is 11.1 Å². The van der Waals surface area contributed by atoms with Gasteiger partial charge in [0.05, 0.1) is 39.4 Å². The van der Waals surface area contributed by atoms with Crippen molar-refractivity contribution in [1.29, 1.82) is 0 Å². The van der Waals surface area contributed by atoms with Crippen LogP contribution < -0.4 is 10.6 Å². The Hall–Kier alpha value is -2.43. The minimum Gasteiger partial charge on any atom is -0.324 e. The van der Waals surface area contributed by atoms with Gasteiger partial charge in [0, 0.05) is 4.47 Å². The molecule has 3 aromatic rings. The minimum absolute atomic E-state index is 0.0666. The van der Waals surface area contributed by atoms with Crippen molar-refractivity contribution in [3.8, 4) is 0 Å². The van der Waals surface area contributed by atoms with Gasteiger partial charge in [-0.15, -0.1) is 0 Å². The molecular formula is C24H22BrCl2N3O4S. The topological polar surface area (TPSA) is 95.6 Å². The summed E-state index contributed by atoms with van der Waals surface area (Å²) in [5.41, 5.74) is 2.47. The van der Waals surface area contributed by atoms with Crippen molar-refractivity contribution in [2.45, 2.75) is 18.7 Å². The zero-order valence-corrected chi connectivity index (χ0v) is 22.7. The number of halogens is 3. The van der Waals surface area contributed by atoms with E-state index >= 15 is 0 Å². The molecule has 0 atom stereocenters. The van der Waals surface area contributed by atoms with E-state index < -0.39 is 34.9 Å². The predicted octanol–water partition coefficient (Wildman–Crippen LogP) is 5.64. The molecule has 0 aliphatic heterocycles. The summed E-state index contributed by atoms with van der Waals surface area (Å²) in [7, 11) is -4.20. The summed E-state index contributed by atoms with van der Waals surface area (Å²) in [4.78, 5) is 25.5. The number of nitrogens with zero attached hydrogens (tertiary/aromatic N) is 1. The number of amides is 2. The van der Waals surface area contributed by atoms with Gasteiger partial charge in [0.2, 0.25) is 21.8 Å². The molecule has 3 aromatic carbocycles. The number of benzene rings is 3. The summed E-state index contributed by atoms with van der Waals surface area (Å²) >= 11 is 15.6. The lowest BCUT2D eigenvalue weighted by Crippen LogP contribution is -2.42. The van der Waals surface area contributed by atoms with Gasteiger partial charge < -0.3 is 10.6 Å². The lowest BCUT2D eigenvalue weighted by Gasteiger charge is -2.22. The first-order valence-electron chi connectivity index (χ1n) is 10.3. The molecular weight excluding hydrogens is 577 g/mol. The zero-order valence-electron chi connectivity index (χ0n) is 18.8. The van der Waals surface area contributed by atoms with Crippen LogP contribution in [0.15, 0.2) is 70.0 Å². The van der Waals surface area contributed by atoms with Crippen LogP contribution in [0.5, 0.6) is 0 Å². The van der Waals surface area contributed by atoms with Crippen LogP contribution in [0.4, 0.5) is 11.4 Å². The molecule has 0 aromatic heterocycles. The summed E-state index contributed by atoms with van der Waals surface area (Å²) in [6, 6.07) is 16.0. The first-order valence-corrected chi connectivity index (χ1v) is 13.3. The molecule has 2 amide bonds. The molecule has 0 radical (unpaired) electrons. The second kappa shape index (κ2) is 11.5. The number of carbonyl (C=O) groups is 2. The highest BCUT2D eigenvalue weighted by Crippen LogP contribution is 2.25. The number of nitrogens with one attached hydrogen (secondary N) is 2. The summed E-state index contributed by atoms with van der Waals surface area (Å²) in [6.07, 6.45) is 0. The van der Waals surface area contributed by atoms with Crippen molar-refractivity contribution >= 4 is 72.3 Å². The van der Waals surface area contributed by atoms with Crippen molar-refractivity contribution in [3.05, 3.63) is 86.3 Å². The van der Waals surface area contributed by atoms with E-state index in [4.69, 9.17) is 23.2 Å². The largest absolute Gasteiger partial charge is 0.324 e. The smallest absolute Gasteiger partial charge is 0.244 e. The monoisotopic (exact) mass is 597 g/mol. The van der Waals surface area contributed by atoms with Gasteiger partial charge in [0.25, 0.3) is 0 Å². The molecule has 35 heavy (non-hydrogen) atoms. The van der Waals surface area contributed by atoms with E-state index in [2.05, 4.69) is 26.6 Å². The first-order chi connectivity index (χ1) is 16.5.